The maximum atomic E-state index is 5.72. The SMILES string of the molecule is CCCCOC1=NC2CCCc3cccc(c32)N1. The quantitative estimate of drug-likeness (QED) is 0.823. The number of nitrogens with zero attached hydrogens (tertiary/aromatic N) is 1. The molecule has 1 aromatic rings. The number of rotatable bonds is 3. The maximum absolute atomic E-state index is 5.72. The summed E-state index contributed by atoms with van der Waals surface area (Å²) in [6, 6.07) is 7.50. The highest BCUT2D eigenvalue weighted by molar-refractivity contribution is 5.92. The van der Waals surface area contributed by atoms with Gasteiger partial charge in [0.2, 0.25) is 0 Å². The molecule has 0 spiro atoms. The van der Waals surface area contributed by atoms with Crippen LogP contribution in [0.4, 0.5) is 5.69 Å². The number of aryl methyl sites for hydroxylation is 1. The van der Waals surface area contributed by atoms with Gasteiger partial charge in [0.05, 0.1) is 12.6 Å². The molecule has 1 aliphatic carbocycles. The van der Waals surface area contributed by atoms with Crippen LogP contribution in [0.5, 0.6) is 0 Å². The summed E-state index contributed by atoms with van der Waals surface area (Å²) < 4.78 is 5.72. The number of unbranched alkanes of at least 4 members (excludes halogenated alkanes) is 1. The van der Waals surface area contributed by atoms with Gasteiger partial charge in [-0.1, -0.05) is 25.5 Å². The molecule has 2 aliphatic rings. The van der Waals surface area contributed by atoms with Crippen LogP contribution in [0, 0.1) is 0 Å². The van der Waals surface area contributed by atoms with Crippen LogP contribution in [0.3, 0.4) is 0 Å². The van der Waals surface area contributed by atoms with Gasteiger partial charge < -0.3 is 10.1 Å². The van der Waals surface area contributed by atoms with Gasteiger partial charge in [0.25, 0.3) is 6.02 Å². The Morgan fingerprint density at radius 2 is 2.39 bits per heavy atom. The molecule has 3 rings (SSSR count). The van der Waals surface area contributed by atoms with Gasteiger partial charge in [-0.3, -0.25) is 0 Å². The fourth-order valence-corrected chi connectivity index (χ4v) is 2.77. The number of aliphatic imine (C=N–C) groups is 1. The molecule has 0 bridgehead atoms. The predicted molar refractivity (Wildman–Crippen MR) is 74.0 cm³/mol. The summed E-state index contributed by atoms with van der Waals surface area (Å²) in [5.74, 6) is 0. The lowest BCUT2D eigenvalue weighted by atomic mass is 9.86. The van der Waals surface area contributed by atoms with Crippen LogP contribution in [-0.4, -0.2) is 12.6 Å². The Kier molecular flexibility index (Phi) is 3.22. The van der Waals surface area contributed by atoms with Crippen molar-refractivity contribution < 1.29 is 4.74 Å². The molecule has 3 nitrogen and oxygen atoms in total. The lowest BCUT2D eigenvalue weighted by molar-refractivity contribution is 0.290. The van der Waals surface area contributed by atoms with Crippen molar-refractivity contribution in [1.29, 1.82) is 0 Å². The monoisotopic (exact) mass is 244 g/mol. The second-order valence-corrected chi connectivity index (χ2v) is 5.05. The Labute approximate surface area is 108 Å². The number of hydrogen-bond donors (Lipinski definition) is 1. The van der Waals surface area contributed by atoms with Crippen molar-refractivity contribution in [3.8, 4) is 0 Å². The van der Waals surface area contributed by atoms with Crippen LogP contribution in [0.1, 0.15) is 49.8 Å². The topological polar surface area (TPSA) is 33.6 Å². The van der Waals surface area contributed by atoms with Crippen LogP contribution >= 0.6 is 0 Å². The summed E-state index contributed by atoms with van der Waals surface area (Å²) in [5.41, 5.74) is 4.04. The molecule has 0 amide bonds. The van der Waals surface area contributed by atoms with Crippen molar-refractivity contribution in [2.45, 2.75) is 45.1 Å². The first-order valence-electron chi connectivity index (χ1n) is 6.98. The van der Waals surface area contributed by atoms with Crippen molar-refractivity contribution >= 4 is 11.7 Å². The molecule has 1 N–H and O–H groups in total. The Bertz CT molecular complexity index is 468. The molecule has 0 radical (unpaired) electrons. The second-order valence-electron chi connectivity index (χ2n) is 5.05. The minimum absolute atomic E-state index is 0.308. The third-order valence-electron chi connectivity index (χ3n) is 3.70. The van der Waals surface area contributed by atoms with E-state index in [1.54, 1.807) is 0 Å². The van der Waals surface area contributed by atoms with Crippen molar-refractivity contribution in [1.82, 2.24) is 0 Å². The molecular weight excluding hydrogens is 224 g/mol. The molecular formula is C15H20N2O. The number of amidine groups is 1. The molecule has 0 saturated heterocycles. The summed E-state index contributed by atoms with van der Waals surface area (Å²) >= 11 is 0. The van der Waals surface area contributed by atoms with E-state index in [1.165, 1.54) is 29.7 Å². The van der Waals surface area contributed by atoms with Gasteiger partial charge in [-0.15, -0.1) is 0 Å². The number of nitrogens with one attached hydrogen (secondary N) is 1. The fourth-order valence-electron chi connectivity index (χ4n) is 2.77. The molecule has 0 fully saturated rings. The lowest BCUT2D eigenvalue weighted by Crippen LogP contribution is -2.26. The van der Waals surface area contributed by atoms with E-state index in [9.17, 15) is 0 Å². The van der Waals surface area contributed by atoms with Crippen LogP contribution in [0.25, 0.3) is 0 Å². The van der Waals surface area contributed by atoms with Crippen molar-refractivity contribution in [2.24, 2.45) is 4.99 Å². The average Bonchev–Trinajstić information content (AvgIpc) is 2.40. The third kappa shape index (κ3) is 2.09. The van der Waals surface area contributed by atoms with E-state index in [1.807, 2.05) is 0 Å². The van der Waals surface area contributed by atoms with Gasteiger partial charge in [0.15, 0.2) is 0 Å². The molecule has 3 heteroatoms. The zero-order valence-electron chi connectivity index (χ0n) is 10.9. The first-order valence-corrected chi connectivity index (χ1v) is 6.98. The molecule has 0 saturated carbocycles. The standard InChI is InChI=1S/C15H20N2O/c1-2-3-10-18-15-16-12-8-4-6-11-7-5-9-13(17-15)14(11)12/h4,6,8,13H,2-3,5,7,9-10H2,1H3,(H,16,17). The van der Waals surface area contributed by atoms with Crippen molar-refractivity contribution in [3.63, 3.8) is 0 Å². The smallest absolute Gasteiger partial charge is 0.289 e. The summed E-state index contributed by atoms with van der Waals surface area (Å²) in [7, 11) is 0. The summed E-state index contributed by atoms with van der Waals surface area (Å²) in [5, 5.41) is 3.32. The minimum atomic E-state index is 0.308. The molecule has 1 aliphatic heterocycles. The Balaban J connectivity index is 1.82. The summed E-state index contributed by atoms with van der Waals surface area (Å²) in [4.78, 5) is 4.71. The fraction of sp³-hybridized carbons (Fsp3) is 0.533. The first kappa shape index (κ1) is 11.6. The summed E-state index contributed by atoms with van der Waals surface area (Å²) in [6.07, 6.45) is 5.79. The highest BCUT2D eigenvalue weighted by Gasteiger charge is 2.27. The average molecular weight is 244 g/mol. The molecule has 0 aromatic heterocycles. The Morgan fingerprint density at radius 1 is 1.44 bits per heavy atom. The Hall–Kier alpha value is -1.51. The van der Waals surface area contributed by atoms with E-state index < -0.39 is 0 Å². The minimum Gasteiger partial charge on any atom is -0.465 e. The zero-order chi connectivity index (χ0) is 12.4. The van der Waals surface area contributed by atoms with Gasteiger partial charge in [-0.25, -0.2) is 4.99 Å². The van der Waals surface area contributed by atoms with Crippen LogP contribution in [0.2, 0.25) is 0 Å². The second kappa shape index (κ2) is 5.01. The predicted octanol–water partition coefficient (Wildman–Crippen LogP) is 3.66. The van der Waals surface area contributed by atoms with Gasteiger partial charge in [-0.2, -0.15) is 0 Å². The molecule has 96 valence electrons. The van der Waals surface area contributed by atoms with E-state index >= 15 is 0 Å². The van der Waals surface area contributed by atoms with E-state index in [-0.39, 0.29) is 0 Å². The van der Waals surface area contributed by atoms with Crippen molar-refractivity contribution in [2.75, 3.05) is 11.9 Å². The highest BCUT2D eigenvalue weighted by Crippen LogP contribution is 2.39. The lowest BCUT2D eigenvalue weighted by Gasteiger charge is -2.30. The van der Waals surface area contributed by atoms with Crippen LogP contribution in [0.15, 0.2) is 23.2 Å². The van der Waals surface area contributed by atoms with E-state index in [2.05, 4.69) is 30.4 Å². The molecule has 18 heavy (non-hydrogen) atoms. The van der Waals surface area contributed by atoms with E-state index in [0.717, 1.165) is 25.9 Å². The van der Waals surface area contributed by atoms with E-state index in [4.69, 9.17) is 9.73 Å². The van der Waals surface area contributed by atoms with Gasteiger partial charge in [0.1, 0.15) is 0 Å². The van der Waals surface area contributed by atoms with Gasteiger partial charge in [0, 0.05) is 11.3 Å². The van der Waals surface area contributed by atoms with Crippen molar-refractivity contribution in [3.05, 3.63) is 29.3 Å². The molecule has 1 unspecified atom stereocenters. The normalized spacial score (nSPS) is 20.7. The summed E-state index contributed by atoms with van der Waals surface area (Å²) in [6.45, 7) is 2.92. The largest absolute Gasteiger partial charge is 0.465 e. The number of ether oxygens (including phenoxy) is 1. The first-order chi connectivity index (χ1) is 8.88. The third-order valence-corrected chi connectivity index (χ3v) is 3.70. The van der Waals surface area contributed by atoms with Crippen LogP contribution < -0.4 is 5.32 Å². The number of benzene rings is 1. The van der Waals surface area contributed by atoms with Gasteiger partial charge >= 0.3 is 0 Å². The van der Waals surface area contributed by atoms with Gasteiger partial charge in [-0.05, 0) is 37.3 Å². The highest BCUT2D eigenvalue weighted by atomic mass is 16.5. The zero-order valence-corrected chi connectivity index (χ0v) is 10.9. The number of hydrogen-bond acceptors (Lipinski definition) is 3. The van der Waals surface area contributed by atoms with Crippen LogP contribution in [-0.2, 0) is 11.2 Å². The maximum Gasteiger partial charge on any atom is 0.289 e. The molecule has 1 heterocycles. The van der Waals surface area contributed by atoms with E-state index in [0.29, 0.717) is 12.1 Å². The molecule has 1 atom stereocenters. The number of anilines is 1. The molecule has 1 aromatic carbocycles. The Morgan fingerprint density at radius 3 is 3.28 bits per heavy atom.